The fourth-order valence-electron chi connectivity index (χ4n) is 2.78. The van der Waals surface area contributed by atoms with E-state index in [2.05, 4.69) is 6.58 Å². The van der Waals surface area contributed by atoms with Gasteiger partial charge in [0.25, 0.3) is 0 Å². The fourth-order valence-corrected chi connectivity index (χ4v) is 4.48. The molecule has 1 fully saturated rings. The highest BCUT2D eigenvalue weighted by Crippen LogP contribution is 2.78. The first-order valence-electron chi connectivity index (χ1n) is 4.80. The first-order valence-corrected chi connectivity index (χ1v) is 6.41. The van der Waals surface area contributed by atoms with E-state index in [1.165, 1.54) is 0 Å². The summed E-state index contributed by atoms with van der Waals surface area (Å²) in [5.41, 5.74) is 5.26. The van der Waals surface area contributed by atoms with Crippen LogP contribution in [0.1, 0.15) is 26.7 Å². The van der Waals surface area contributed by atoms with E-state index in [1.807, 2.05) is 13.8 Å². The van der Waals surface area contributed by atoms with Gasteiger partial charge in [0, 0.05) is 11.3 Å². The molecule has 1 rings (SSSR count). The van der Waals surface area contributed by atoms with Crippen LogP contribution < -0.4 is 5.73 Å². The van der Waals surface area contributed by atoms with Gasteiger partial charge in [-0.3, -0.25) is 4.57 Å². The molecule has 0 aliphatic heterocycles. The van der Waals surface area contributed by atoms with Crippen molar-refractivity contribution in [2.24, 2.45) is 17.1 Å². The molecule has 5 heteroatoms. The SMILES string of the molecule is C=C[C@]1(CC)C(CC)[C@]1(N)P(=O)(O)O. The zero-order valence-electron chi connectivity index (χ0n) is 8.60. The summed E-state index contributed by atoms with van der Waals surface area (Å²) in [6.07, 6.45) is 2.90. The van der Waals surface area contributed by atoms with Gasteiger partial charge in [0.1, 0.15) is 5.28 Å². The Morgan fingerprint density at radius 3 is 2.14 bits per heavy atom. The van der Waals surface area contributed by atoms with Crippen molar-refractivity contribution in [1.82, 2.24) is 0 Å². The summed E-state index contributed by atoms with van der Waals surface area (Å²) in [6, 6.07) is 0. The second-order valence-corrected chi connectivity index (χ2v) is 5.76. The molecule has 0 spiro atoms. The quantitative estimate of drug-likeness (QED) is 0.493. The monoisotopic (exact) mass is 219 g/mol. The Labute approximate surface area is 84.4 Å². The maximum Gasteiger partial charge on any atom is 0.346 e. The third-order valence-corrected chi connectivity index (χ3v) is 5.35. The van der Waals surface area contributed by atoms with Crippen molar-refractivity contribution in [2.45, 2.75) is 32.0 Å². The second kappa shape index (κ2) is 3.17. The van der Waals surface area contributed by atoms with E-state index < -0.39 is 18.3 Å². The smallest absolute Gasteiger partial charge is 0.323 e. The van der Waals surface area contributed by atoms with Crippen LogP contribution >= 0.6 is 7.60 Å². The molecule has 82 valence electrons. The molecule has 0 bridgehead atoms. The number of hydrogen-bond donors (Lipinski definition) is 3. The molecule has 4 N–H and O–H groups in total. The minimum absolute atomic E-state index is 0.154. The van der Waals surface area contributed by atoms with Crippen LogP contribution in [0.3, 0.4) is 0 Å². The highest BCUT2D eigenvalue weighted by Gasteiger charge is 2.79. The number of nitrogens with two attached hydrogens (primary N) is 1. The van der Waals surface area contributed by atoms with Crippen molar-refractivity contribution < 1.29 is 14.4 Å². The van der Waals surface area contributed by atoms with E-state index >= 15 is 0 Å². The van der Waals surface area contributed by atoms with E-state index in [9.17, 15) is 14.4 Å². The van der Waals surface area contributed by atoms with Crippen molar-refractivity contribution in [2.75, 3.05) is 0 Å². The lowest BCUT2D eigenvalue weighted by molar-refractivity contribution is 0.341. The molecule has 0 heterocycles. The summed E-state index contributed by atoms with van der Waals surface area (Å²) in [7, 11) is -4.26. The molecule has 4 nitrogen and oxygen atoms in total. The third-order valence-electron chi connectivity index (χ3n) is 3.65. The molecule has 0 saturated heterocycles. The zero-order chi connectivity index (χ0) is 11.2. The highest BCUT2D eigenvalue weighted by molar-refractivity contribution is 7.54. The third kappa shape index (κ3) is 1.09. The van der Waals surface area contributed by atoms with Gasteiger partial charge in [-0.1, -0.05) is 19.9 Å². The Hall–Kier alpha value is -0.150. The van der Waals surface area contributed by atoms with Gasteiger partial charge in [0.05, 0.1) is 0 Å². The van der Waals surface area contributed by atoms with Crippen LogP contribution in [-0.4, -0.2) is 15.1 Å². The van der Waals surface area contributed by atoms with Gasteiger partial charge >= 0.3 is 7.60 Å². The fraction of sp³-hybridized carbons (Fsp3) is 0.778. The summed E-state index contributed by atoms with van der Waals surface area (Å²) in [5, 5.41) is -1.38. The Morgan fingerprint density at radius 2 is 2.07 bits per heavy atom. The van der Waals surface area contributed by atoms with E-state index in [0.717, 1.165) is 0 Å². The molecule has 1 aliphatic rings. The molecule has 0 aromatic rings. The van der Waals surface area contributed by atoms with Crippen molar-refractivity contribution in [3.8, 4) is 0 Å². The Morgan fingerprint density at radius 1 is 1.57 bits per heavy atom. The summed E-state index contributed by atoms with van der Waals surface area (Å²) < 4.78 is 11.3. The maximum atomic E-state index is 11.3. The van der Waals surface area contributed by atoms with Crippen LogP contribution in [0.25, 0.3) is 0 Å². The second-order valence-electron chi connectivity index (χ2n) is 3.93. The highest BCUT2D eigenvalue weighted by atomic mass is 31.2. The molecule has 0 amide bonds. The van der Waals surface area contributed by atoms with E-state index in [-0.39, 0.29) is 5.92 Å². The normalized spacial score (nSPS) is 42.2. The van der Waals surface area contributed by atoms with Crippen molar-refractivity contribution >= 4 is 7.60 Å². The van der Waals surface area contributed by atoms with Crippen LogP contribution in [0.15, 0.2) is 12.7 Å². The average molecular weight is 219 g/mol. The molecular formula is C9H18NO3P. The first-order chi connectivity index (χ1) is 6.31. The Balaban J connectivity index is 3.15. The van der Waals surface area contributed by atoms with Crippen molar-refractivity contribution in [3.63, 3.8) is 0 Å². The summed E-state index contributed by atoms with van der Waals surface area (Å²) in [6.45, 7) is 7.42. The van der Waals surface area contributed by atoms with Crippen LogP contribution in [0.4, 0.5) is 0 Å². The molecule has 1 saturated carbocycles. The minimum atomic E-state index is -4.26. The van der Waals surface area contributed by atoms with Crippen molar-refractivity contribution in [1.29, 1.82) is 0 Å². The predicted molar refractivity (Wildman–Crippen MR) is 55.7 cm³/mol. The molecule has 0 aromatic carbocycles. The lowest BCUT2D eigenvalue weighted by atomic mass is 9.99. The Kier molecular flexibility index (Phi) is 2.70. The largest absolute Gasteiger partial charge is 0.346 e. The van der Waals surface area contributed by atoms with Gasteiger partial charge in [-0.15, -0.1) is 6.58 Å². The van der Waals surface area contributed by atoms with Gasteiger partial charge in [0.15, 0.2) is 0 Å². The summed E-state index contributed by atoms with van der Waals surface area (Å²) in [4.78, 5) is 18.5. The number of hydrogen-bond acceptors (Lipinski definition) is 2. The molecular weight excluding hydrogens is 201 g/mol. The van der Waals surface area contributed by atoms with Crippen LogP contribution in [-0.2, 0) is 4.57 Å². The summed E-state index contributed by atoms with van der Waals surface area (Å²) in [5.74, 6) is -0.154. The molecule has 0 radical (unpaired) electrons. The molecule has 0 aromatic heterocycles. The van der Waals surface area contributed by atoms with Crippen LogP contribution in [0, 0.1) is 11.3 Å². The first kappa shape index (κ1) is 11.9. The van der Waals surface area contributed by atoms with Gasteiger partial charge < -0.3 is 15.5 Å². The Bertz CT molecular complexity index is 300. The molecule has 1 unspecified atom stereocenters. The topological polar surface area (TPSA) is 83.6 Å². The van der Waals surface area contributed by atoms with Crippen LogP contribution in [0.2, 0.25) is 0 Å². The molecule has 1 aliphatic carbocycles. The van der Waals surface area contributed by atoms with Crippen LogP contribution in [0.5, 0.6) is 0 Å². The van der Waals surface area contributed by atoms with Crippen molar-refractivity contribution in [3.05, 3.63) is 12.7 Å². The maximum absolute atomic E-state index is 11.3. The van der Waals surface area contributed by atoms with Gasteiger partial charge in [-0.05, 0) is 12.8 Å². The number of rotatable bonds is 4. The zero-order valence-corrected chi connectivity index (χ0v) is 9.50. The average Bonchev–Trinajstić information content (AvgIpc) is 2.66. The van der Waals surface area contributed by atoms with E-state index in [1.54, 1.807) is 6.08 Å². The van der Waals surface area contributed by atoms with Gasteiger partial charge in [-0.25, -0.2) is 0 Å². The molecule has 3 atom stereocenters. The van der Waals surface area contributed by atoms with E-state index in [0.29, 0.717) is 12.8 Å². The molecule has 14 heavy (non-hydrogen) atoms. The lowest BCUT2D eigenvalue weighted by Crippen LogP contribution is -2.30. The van der Waals surface area contributed by atoms with Gasteiger partial charge in [0.2, 0.25) is 0 Å². The van der Waals surface area contributed by atoms with E-state index in [4.69, 9.17) is 5.73 Å². The summed E-state index contributed by atoms with van der Waals surface area (Å²) >= 11 is 0. The van der Waals surface area contributed by atoms with Gasteiger partial charge in [-0.2, -0.15) is 0 Å². The minimum Gasteiger partial charge on any atom is -0.323 e. The predicted octanol–water partition coefficient (Wildman–Crippen LogP) is 1.44. The lowest BCUT2D eigenvalue weighted by Gasteiger charge is -2.18. The standard InChI is InChI=1S/C9H18NO3P/c1-4-7-8(5-2,6-3)9(7,10)14(11,12)13/h5,7H,2,4,6,10H2,1,3H3,(H2,11,12,13)/t7?,8-,9-/m0/s1.